The summed E-state index contributed by atoms with van der Waals surface area (Å²) in [6, 6.07) is 3.28. The van der Waals surface area contributed by atoms with Gasteiger partial charge in [0.05, 0.1) is 0 Å². The molecule has 0 saturated heterocycles. The monoisotopic (exact) mass is 296 g/mol. The zero-order valence-corrected chi connectivity index (χ0v) is 11.1. The van der Waals surface area contributed by atoms with Crippen LogP contribution in [0.25, 0.3) is 0 Å². The summed E-state index contributed by atoms with van der Waals surface area (Å²) >= 11 is 0. The largest absolute Gasteiger partial charge is 0.339 e. The quantitative estimate of drug-likeness (QED) is 0.546. The molecule has 102 valence electrons. The van der Waals surface area contributed by atoms with Gasteiger partial charge < -0.3 is 19.6 Å². The lowest BCUT2D eigenvalue weighted by molar-refractivity contribution is 0.272. The van der Waals surface area contributed by atoms with Gasteiger partial charge in [-0.3, -0.25) is 19.0 Å². The third kappa shape index (κ3) is 6.98. The van der Waals surface area contributed by atoms with Crippen molar-refractivity contribution in [3.8, 4) is 0 Å². The first-order valence-corrected chi connectivity index (χ1v) is 8.46. The van der Waals surface area contributed by atoms with Crippen LogP contribution in [0.5, 0.6) is 0 Å². The van der Waals surface area contributed by atoms with Crippen LogP contribution in [0.1, 0.15) is 5.56 Å². The van der Waals surface area contributed by atoms with Crippen LogP contribution in [0.15, 0.2) is 24.5 Å². The molecule has 10 heteroatoms. The van der Waals surface area contributed by atoms with Crippen LogP contribution in [0.3, 0.4) is 0 Å². The molecule has 0 amide bonds. The van der Waals surface area contributed by atoms with E-state index < -0.39 is 27.8 Å². The second-order valence-electron chi connectivity index (χ2n) is 3.80. The molecular weight excluding hydrogens is 282 g/mol. The van der Waals surface area contributed by atoms with E-state index in [1.54, 1.807) is 12.1 Å². The summed E-state index contributed by atoms with van der Waals surface area (Å²) in [5, 5.41) is 0. The van der Waals surface area contributed by atoms with Gasteiger partial charge in [-0.15, -0.1) is 0 Å². The van der Waals surface area contributed by atoms with Gasteiger partial charge in [0.25, 0.3) is 0 Å². The zero-order chi connectivity index (χ0) is 13.8. The molecule has 0 fully saturated rings. The molecule has 0 unspecified atom stereocenters. The SMILES string of the molecule is O=P(O)(O)CN(Cc1cccnc1)CP(=O)(O)O. The Balaban J connectivity index is 2.78. The molecule has 0 aliphatic heterocycles. The third-order valence-corrected chi connectivity index (χ3v) is 3.43. The van der Waals surface area contributed by atoms with Crippen molar-refractivity contribution in [1.29, 1.82) is 0 Å². The van der Waals surface area contributed by atoms with Gasteiger partial charge in [-0.1, -0.05) is 6.07 Å². The molecule has 1 rings (SSSR count). The van der Waals surface area contributed by atoms with E-state index in [0.29, 0.717) is 5.56 Å². The maximum Gasteiger partial charge on any atom is 0.339 e. The molecule has 0 aromatic carbocycles. The topological polar surface area (TPSA) is 131 Å². The second-order valence-corrected chi connectivity index (χ2v) is 7.03. The standard InChI is InChI=1S/C8H14N2O6P2/c11-17(12,13)6-10(7-18(14,15)16)5-8-2-1-3-9-4-8/h1-4H,5-7H2,(H2,11,12,13)(H2,14,15,16). The van der Waals surface area contributed by atoms with Crippen LogP contribution >= 0.6 is 15.2 Å². The molecule has 8 nitrogen and oxygen atoms in total. The lowest BCUT2D eigenvalue weighted by Crippen LogP contribution is -2.25. The minimum absolute atomic E-state index is 0.00403. The molecule has 0 aliphatic carbocycles. The lowest BCUT2D eigenvalue weighted by Gasteiger charge is -2.22. The molecule has 4 N–H and O–H groups in total. The highest BCUT2D eigenvalue weighted by molar-refractivity contribution is 7.52. The summed E-state index contributed by atoms with van der Waals surface area (Å²) in [7, 11) is -8.77. The Hall–Kier alpha value is -0.590. The van der Waals surface area contributed by atoms with E-state index in [0.717, 1.165) is 4.90 Å². The first-order chi connectivity index (χ1) is 8.16. The van der Waals surface area contributed by atoms with E-state index in [9.17, 15) is 9.13 Å². The maximum absolute atomic E-state index is 10.9. The van der Waals surface area contributed by atoms with Crippen molar-refractivity contribution in [2.24, 2.45) is 0 Å². The second kappa shape index (κ2) is 6.04. The number of pyridine rings is 1. The molecular formula is C8H14N2O6P2. The Morgan fingerprint density at radius 3 is 2.06 bits per heavy atom. The van der Waals surface area contributed by atoms with Crippen molar-refractivity contribution in [3.05, 3.63) is 30.1 Å². The van der Waals surface area contributed by atoms with Crippen LogP contribution < -0.4 is 0 Å². The Morgan fingerprint density at radius 1 is 1.11 bits per heavy atom. The Labute approximate surface area is 104 Å². The average Bonchev–Trinajstić information content (AvgIpc) is 2.13. The molecule has 1 aromatic heterocycles. The van der Waals surface area contributed by atoms with Crippen molar-refractivity contribution >= 4 is 15.2 Å². The normalized spacial score (nSPS) is 12.9. The Morgan fingerprint density at radius 2 is 1.67 bits per heavy atom. The predicted octanol–water partition coefficient (Wildman–Crippen LogP) is 0.154. The fourth-order valence-corrected chi connectivity index (χ4v) is 3.02. The molecule has 0 aliphatic rings. The van der Waals surface area contributed by atoms with Crippen LogP contribution in [0.4, 0.5) is 0 Å². The van der Waals surface area contributed by atoms with Gasteiger partial charge in [-0.25, -0.2) is 0 Å². The molecule has 0 saturated carbocycles. The van der Waals surface area contributed by atoms with Crippen molar-refractivity contribution in [2.75, 3.05) is 12.6 Å². The summed E-state index contributed by atoms with van der Waals surface area (Å²) in [5.41, 5.74) is 0.611. The van der Waals surface area contributed by atoms with Crippen LogP contribution in [0, 0.1) is 0 Å². The maximum atomic E-state index is 10.9. The van der Waals surface area contributed by atoms with Gasteiger partial charge in [0, 0.05) is 18.9 Å². The highest BCUT2D eigenvalue weighted by Gasteiger charge is 2.25. The average molecular weight is 296 g/mol. The van der Waals surface area contributed by atoms with E-state index in [1.807, 2.05) is 0 Å². The molecule has 0 bridgehead atoms. The first-order valence-electron chi connectivity index (χ1n) is 4.86. The van der Waals surface area contributed by atoms with Gasteiger partial charge in [0.2, 0.25) is 0 Å². The fourth-order valence-electron chi connectivity index (χ4n) is 1.42. The Kier molecular flexibility index (Phi) is 5.19. The zero-order valence-electron chi connectivity index (χ0n) is 9.32. The number of rotatable bonds is 6. The number of hydrogen-bond donors (Lipinski definition) is 4. The highest BCUT2D eigenvalue weighted by Crippen LogP contribution is 2.41. The van der Waals surface area contributed by atoms with E-state index in [2.05, 4.69) is 4.98 Å². The number of hydrogen-bond acceptors (Lipinski definition) is 4. The number of nitrogens with zero attached hydrogens (tertiary/aromatic N) is 2. The molecule has 0 radical (unpaired) electrons. The van der Waals surface area contributed by atoms with Gasteiger partial charge in [0.1, 0.15) is 12.6 Å². The van der Waals surface area contributed by atoms with Gasteiger partial charge in [0.15, 0.2) is 0 Å². The molecule has 1 heterocycles. The molecule has 0 spiro atoms. The molecule has 1 aromatic rings. The molecule has 0 atom stereocenters. The van der Waals surface area contributed by atoms with Crippen molar-refractivity contribution < 1.29 is 28.7 Å². The smallest absolute Gasteiger partial charge is 0.324 e. The minimum Gasteiger partial charge on any atom is -0.324 e. The minimum atomic E-state index is -4.38. The summed E-state index contributed by atoms with van der Waals surface area (Å²) < 4.78 is 21.8. The van der Waals surface area contributed by atoms with Crippen LogP contribution in [-0.2, 0) is 15.7 Å². The van der Waals surface area contributed by atoms with Crippen molar-refractivity contribution in [3.63, 3.8) is 0 Å². The van der Waals surface area contributed by atoms with Gasteiger partial charge in [-0.05, 0) is 11.6 Å². The van der Waals surface area contributed by atoms with Crippen molar-refractivity contribution in [2.45, 2.75) is 6.54 Å². The first kappa shape index (κ1) is 15.5. The summed E-state index contributed by atoms with van der Waals surface area (Å²) in [4.78, 5) is 40.3. The number of aromatic nitrogens is 1. The highest BCUT2D eigenvalue weighted by atomic mass is 31.2. The lowest BCUT2D eigenvalue weighted by atomic mass is 10.3. The van der Waals surface area contributed by atoms with E-state index in [1.165, 1.54) is 12.4 Å². The Bertz CT molecular complexity index is 446. The van der Waals surface area contributed by atoms with E-state index in [-0.39, 0.29) is 6.54 Å². The van der Waals surface area contributed by atoms with Gasteiger partial charge in [-0.2, -0.15) is 0 Å². The van der Waals surface area contributed by atoms with E-state index in [4.69, 9.17) is 19.6 Å². The summed E-state index contributed by atoms with van der Waals surface area (Å²) in [6.07, 6.45) is 1.56. The summed E-state index contributed by atoms with van der Waals surface area (Å²) in [5.74, 6) is 0. The predicted molar refractivity (Wildman–Crippen MR) is 63.6 cm³/mol. The summed E-state index contributed by atoms with van der Waals surface area (Å²) in [6.45, 7) is 0.00403. The van der Waals surface area contributed by atoms with Gasteiger partial charge >= 0.3 is 15.2 Å². The fraction of sp³-hybridized carbons (Fsp3) is 0.375. The van der Waals surface area contributed by atoms with Crippen LogP contribution in [-0.4, -0.2) is 42.0 Å². The van der Waals surface area contributed by atoms with Crippen molar-refractivity contribution in [1.82, 2.24) is 9.88 Å². The van der Waals surface area contributed by atoms with Crippen LogP contribution in [0.2, 0.25) is 0 Å². The third-order valence-electron chi connectivity index (χ3n) is 1.90. The molecule has 18 heavy (non-hydrogen) atoms. The van der Waals surface area contributed by atoms with E-state index >= 15 is 0 Å².